The van der Waals surface area contributed by atoms with Crippen LogP contribution in [-0.4, -0.2) is 41.3 Å². The predicted octanol–water partition coefficient (Wildman–Crippen LogP) is 1.88. The lowest BCUT2D eigenvalue weighted by atomic mass is 10.2. The molecule has 1 aliphatic heterocycles. The second-order valence-corrected chi connectivity index (χ2v) is 5.00. The van der Waals surface area contributed by atoms with Gasteiger partial charge in [0.2, 0.25) is 0 Å². The summed E-state index contributed by atoms with van der Waals surface area (Å²) in [6, 6.07) is 4.18. The molecule has 3 heterocycles. The van der Waals surface area contributed by atoms with Crippen LogP contribution in [0, 0.1) is 0 Å². The Morgan fingerprint density at radius 3 is 2.67 bits per heavy atom. The molecular weight excluding hydrogens is 266 g/mol. The first-order valence-electron chi connectivity index (χ1n) is 7.14. The molecule has 3 rings (SSSR count). The third-order valence-electron chi connectivity index (χ3n) is 3.49. The van der Waals surface area contributed by atoms with Crippen LogP contribution in [0.1, 0.15) is 18.7 Å². The number of nitrogens with one attached hydrogen (secondary N) is 1. The van der Waals surface area contributed by atoms with Crippen molar-refractivity contribution in [3.63, 3.8) is 0 Å². The number of ether oxygens (including phenoxy) is 1. The first-order valence-corrected chi connectivity index (χ1v) is 7.14. The molecule has 0 amide bonds. The lowest BCUT2D eigenvalue weighted by Gasteiger charge is -2.27. The second-order valence-electron chi connectivity index (χ2n) is 5.00. The molecular formula is C15H19N5O. The molecule has 6 nitrogen and oxygen atoms in total. The van der Waals surface area contributed by atoms with Crippen LogP contribution in [0.15, 0.2) is 36.9 Å². The highest BCUT2D eigenvalue weighted by molar-refractivity contribution is 5.49. The van der Waals surface area contributed by atoms with E-state index in [2.05, 4.69) is 32.1 Å². The zero-order valence-electron chi connectivity index (χ0n) is 12.1. The van der Waals surface area contributed by atoms with E-state index in [0.29, 0.717) is 0 Å². The Hall–Kier alpha value is -2.21. The van der Waals surface area contributed by atoms with E-state index in [1.807, 2.05) is 18.3 Å². The lowest BCUT2D eigenvalue weighted by Crippen LogP contribution is -2.36. The Labute approximate surface area is 124 Å². The van der Waals surface area contributed by atoms with Crippen LogP contribution in [0.4, 0.5) is 11.5 Å². The zero-order valence-corrected chi connectivity index (χ0v) is 12.1. The number of aromatic nitrogens is 3. The molecule has 110 valence electrons. The average Bonchev–Trinajstić information content (AvgIpc) is 2.57. The molecule has 21 heavy (non-hydrogen) atoms. The van der Waals surface area contributed by atoms with Crippen LogP contribution in [-0.2, 0) is 4.74 Å². The van der Waals surface area contributed by atoms with Gasteiger partial charge in [-0.15, -0.1) is 0 Å². The summed E-state index contributed by atoms with van der Waals surface area (Å²) in [5, 5.41) is 3.38. The van der Waals surface area contributed by atoms with Crippen molar-refractivity contribution in [3.05, 3.63) is 42.6 Å². The molecule has 2 aromatic rings. The standard InChI is InChI=1S/C15H19N5O/c1-12(14-11-16-4-5-17-14)19-13-2-3-15(18-10-13)20-6-8-21-9-7-20/h2-5,10-12,19H,6-9H2,1H3. The molecule has 1 fully saturated rings. The largest absolute Gasteiger partial charge is 0.378 e. The van der Waals surface area contributed by atoms with Gasteiger partial charge < -0.3 is 15.0 Å². The fraction of sp³-hybridized carbons (Fsp3) is 0.400. The first-order chi connectivity index (χ1) is 10.3. The molecule has 0 aromatic carbocycles. The van der Waals surface area contributed by atoms with Crippen LogP contribution in [0.3, 0.4) is 0 Å². The summed E-state index contributed by atoms with van der Waals surface area (Å²) in [5.41, 5.74) is 1.89. The third-order valence-corrected chi connectivity index (χ3v) is 3.49. The van der Waals surface area contributed by atoms with E-state index >= 15 is 0 Å². The fourth-order valence-electron chi connectivity index (χ4n) is 2.31. The number of hydrogen-bond donors (Lipinski definition) is 1. The summed E-state index contributed by atoms with van der Waals surface area (Å²) in [5.74, 6) is 0.996. The maximum atomic E-state index is 5.35. The Kier molecular flexibility index (Phi) is 4.25. The molecule has 1 unspecified atom stereocenters. The van der Waals surface area contributed by atoms with Gasteiger partial charge in [-0.25, -0.2) is 4.98 Å². The Balaban J connectivity index is 1.64. The van der Waals surface area contributed by atoms with Gasteiger partial charge in [-0.3, -0.25) is 9.97 Å². The normalized spacial score (nSPS) is 16.5. The monoisotopic (exact) mass is 285 g/mol. The summed E-state index contributed by atoms with van der Waals surface area (Å²) < 4.78 is 5.35. The molecule has 1 N–H and O–H groups in total. The van der Waals surface area contributed by atoms with Crippen LogP contribution >= 0.6 is 0 Å². The molecule has 0 aliphatic carbocycles. The van der Waals surface area contributed by atoms with Gasteiger partial charge in [0.1, 0.15) is 5.82 Å². The van der Waals surface area contributed by atoms with Gasteiger partial charge in [-0.05, 0) is 19.1 Å². The molecule has 2 aromatic heterocycles. The summed E-state index contributed by atoms with van der Waals surface area (Å²) in [6.45, 7) is 5.39. The maximum absolute atomic E-state index is 5.35. The number of nitrogens with zero attached hydrogens (tertiary/aromatic N) is 4. The minimum Gasteiger partial charge on any atom is -0.378 e. The van der Waals surface area contributed by atoms with Crippen molar-refractivity contribution >= 4 is 11.5 Å². The van der Waals surface area contributed by atoms with Gasteiger partial charge in [-0.1, -0.05) is 0 Å². The average molecular weight is 285 g/mol. The van der Waals surface area contributed by atoms with E-state index in [0.717, 1.165) is 43.5 Å². The quantitative estimate of drug-likeness (QED) is 0.925. The van der Waals surface area contributed by atoms with Crippen LogP contribution in [0.25, 0.3) is 0 Å². The highest BCUT2D eigenvalue weighted by Crippen LogP contribution is 2.19. The van der Waals surface area contributed by atoms with Crippen molar-refractivity contribution in [2.45, 2.75) is 13.0 Å². The summed E-state index contributed by atoms with van der Waals surface area (Å²) in [7, 11) is 0. The van der Waals surface area contributed by atoms with E-state index in [4.69, 9.17) is 4.74 Å². The van der Waals surface area contributed by atoms with E-state index in [1.165, 1.54) is 0 Å². The summed E-state index contributed by atoms with van der Waals surface area (Å²) >= 11 is 0. The highest BCUT2D eigenvalue weighted by Gasteiger charge is 2.12. The fourth-order valence-corrected chi connectivity index (χ4v) is 2.31. The van der Waals surface area contributed by atoms with Gasteiger partial charge >= 0.3 is 0 Å². The van der Waals surface area contributed by atoms with Crippen molar-refractivity contribution in [2.75, 3.05) is 36.5 Å². The molecule has 1 atom stereocenters. The van der Waals surface area contributed by atoms with E-state index in [9.17, 15) is 0 Å². The van der Waals surface area contributed by atoms with Crippen molar-refractivity contribution < 1.29 is 4.74 Å². The van der Waals surface area contributed by atoms with Gasteiger partial charge in [0.15, 0.2) is 0 Å². The van der Waals surface area contributed by atoms with E-state index in [-0.39, 0.29) is 6.04 Å². The van der Waals surface area contributed by atoms with Crippen molar-refractivity contribution in [2.24, 2.45) is 0 Å². The lowest BCUT2D eigenvalue weighted by molar-refractivity contribution is 0.122. The van der Waals surface area contributed by atoms with Crippen molar-refractivity contribution in [3.8, 4) is 0 Å². The predicted molar refractivity (Wildman–Crippen MR) is 81.3 cm³/mol. The molecule has 0 spiro atoms. The minimum atomic E-state index is 0.0923. The van der Waals surface area contributed by atoms with Gasteiger partial charge in [0.05, 0.1) is 43.0 Å². The number of morpholine rings is 1. The molecule has 1 saturated heterocycles. The van der Waals surface area contributed by atoms with Gasteiger partial charge in [0, 0.05) is 25.5 Å². The summed E-state index contributed by atoms with van der Waals surface area (Å²) in [6.07, 6.45) is 7.01. The molecule has 6 heteroatoms. The van der Waals surface area contributed by atoms with Crippen molar-refractivity contribution in [1.82, 2.24) is 15.0 Å². The number of pyridine rings is 1. The minimum absolute atomic E-state index is 0.0923. The molecule has 0 bridgehead atoms. The first kappa shape index (κ1) is 13.8. The maximum Gasteiger partial charge on any atom is 0.128 e. The van der Waals surface area contributed by atoms with Crippen LogP contribution in [0.5, 0.6) is 0 Å². The number of anilines is 2. The van der Waals surface area contributed by atoms with Gasteiger partial charge in [0.25, 0.3) is 0 Å². The molecule has 1 aliphatic rings. The Morgan fingerprint density at radius 1 is 1.14 bits per heavy atom. The molecule has 0 saturated carbocycles. The smallest absolute Gasteiger partial charge is 0.128 e. The van der Waals surface area contributed by atoms with E-state index in [1.54, 1.807) is 18.6 Å². The second kappa shape index (κ2) is 6.49. The Morgan fingerprint density at radius 2 is 2.00 bits per heavy atom. The van der Waals surface area contributed by atoms with Crippen LogP contribution < -0.4 is 10.2 Å². The SMILES string of the molecule is CC(Nc1ccc(N2CCOCC2)nc1)c1cnccn1. The Bertz CT molecular complexity index is 554. The van der Waals surface area contributed by atoms with Crippen LogP contribution in [0.2, 0.25) is 0 Å². The van der Waals surface area contributed by atoms with Gasteiger partial charge in [-0.2, -0.15) is 0 Å². The number of rotatable bonds is 4. The number of hydrogen-bond acceptors (Lipinski definition) is 6. The van der Waals surface area contributed by atoms with Crippen molar-refractivity contribution in [1.29, 1.82) is 0 Å². The van der Waals surface area contributed by atoms with E-state index < -0.39 is 0 Å². The molecule has 0 radical (unpaired) electrons. The third kappa shape index (κ3) is 3.46. The summed E-state index contributed by atoms with van der Waals surface area (Å²) in [4.78, 5) is 15.1. The zero-order chi connectivity index (χ0) is 14.5. The highest BCUT2D eigenvalue weighted by atomic mass is 16.5. The topological polar surface area (TPSA) is 63.2 Å².